The minimum atomic E-state index is -0.415. The molecule has 0 radical (unpaired) electrons. The maximum absolute atomic E-state index is 11.2. The maximum Gasteiger partial charge on any atom is 0.406 e. The molecular formula is C18H20N6O2S. The van der Waals surface area contributed by atoms with Crippen LogP contribution in [0.25, 0.3) is 10.6 Å². The number of piperazine rings is 1. The predicted octanol–water partition coefficient (Wildman–Crippen LogP) is 2.77. The monoisotopic (exact) mass is 384 g/mol. The molecule has 1 fully saturated rings. The number of nitrogens with zero attached hydrogens (tertiary/aromatic N) is 6. The summed E-state index contributed by atoms with van der Waals surface area (Å²) in [5, 5.41) is 14.3. The van der Waals surface area contributed by atoms with Crippen molar-refractivity contribution in [3.63, 3.8) is 0 Å². The van der Waals surface area contributed by atoms with Gasteiger partial charge in [0.1, 0.15) is 5.01 Å². The second kappa shape index (κ2) is 7.45. The summed E-state index contributed by atoms with van der Waals surface area (Å²) >= 11 is 1.66. The number of thiazole rings is 1. The van der Waals surface area contributed by atoms with Crippen molar-refractivity contribution in [2.45, 2.75) is 6.54 Å². The second-order valence-electron chi connectivity index (χ2n) is 6.53. The van der Waals surface area contributed by atoms with Crippen molar-refractivity contribution in [2.24, 2.45) is 7.05 Å². The first-order valence-corrected chi connectivity index (χ1v) is 9.62. The van der Waals surface area contributed by atoms with Crippen LogP contribution in [-0.4, -0.2) is 50.5 Å². The molecule has 0 spiro atoms. The Kier molecular flexibility index (Phi) is 4.87. The Balaban J connectivity index is 1.39. The summed E-state index contributed by atoms with van der Waals surface area (Å²) in [7, 11) is 1.79. The maximum atomic E-state index is 11.2. The van der Waals surface area contributed by atoms with Gasteiger partial charge in [-0.2, -0.15) is 0 Å². The molecule has 0 N–H and O–H groups in total. The Hall–Kier alpha value is -2.78. The van der Waals surface area contributed by atoms with E-state index in [2.05, 4.69) is 27.4 Å². The van der Waals surface area contributed by atoms with Crippen LogP contribution >= 0.6 is 11.3 Å². The Morgan fingerprint density at radius 2 is 1.93 bits per heavy atom. The fourth-order valence-corrected chi connectivity index (χ4v) is 4.16. The largest absolute Gasteiger partial charge is 0.406 e. The molecule has 27 heavy (non-hydrogen) atoms. The zero-order valence-corrected chi connectivity index (χ0v) is 15.8. The van der Waals surface area contributed by atoms with E-state index >= 15 is 0 Å². The Labute approximate surface area is 160 Å². The highest BCUT2D eigenvalue weighted by molar-refractivity contribution is 7.13. The van der Waals surface area contributed by atoms with E-state index in [-0.39, 0.29) is 5.82 Å². The van der Waals surface area contributed by atoms with Gasteiger partial charge in [-0.3, -0.25) is 9.47 Å². The molecule has 9 heteroatoms. The third-order valence-corrected chi connectivity index (χ3v) is 5.63. The summed E-state index contributed by atoms with van der Waals surface area (Å²) < 4.78 is 1.72. The highest BCUT2D eigenvalue weighted by Gasteiger charge is 2.28. The van der Waals surface area contributed by atoms with Gasteiger partial charge in [0.15, 0.2) is 0 Å². The van der Waals surface area contributed by atoms with E-state index in [0.717, 1.165) is 49.0 Å². The lowest BCUT2D eigenvalue weighted by atomic mass is 10.2. The number of anilines is 1. The van der Waals surface area contributed by atoms with Crippen LogP contribution in [0.5, 0.6) is 0 Å². The first-order valence-electron chi connectivity index (χ1n) is 8.74. The van der Waals surface area contributed by atoms with E-state index in [9.17, 15) is 10.1 Å². The van der Waals surface area contributed by atoms with Crippen LogP contribution in [0, 0.1) is 10.1 Å². The van der Waals surface area contributed by atoms with Gasteiger partial charge in [0.2, 0.25) is 12.1 Å². The topological polar surface area (TPSA) is 80.3 Å². The van der Waals surface area contributed by atoms with Gasteiger partial charge in [-0.05, 0) is 9.91 Å². The average Bonchev–Trinajstić information content (AvgIpc) is 3.30. The minimum absolute atomic E-state index is 0.0713. The number of rotatable bonds is 5. The molecule has 3 aromatic rings. The summed E-state index contributed by atoms with van der Waals surface area (Å²) in [4.78, 5) is 23.8. The summed E-state index contributed by atoms with van der Waals surface area (Å²) in [5.74, 6) is 0.512. The van der Waals surface area contributed by atoms with Crippen LogP contribution in [0.3, 0.4) is 0 Å². The van der Waals surface area contributed by atoms with E-state index in [4.69, 9.17) is 4.98 Å². The van der Waals surface area contributed by atoms with Crippen LogP contribution in [0.15, 0.2) is 42.0 Å². The Bertz CT molecular complexity index is 930. The van der Waals surface area contributed by atoms with Crippen LogP contribution in [0.2, 0.25) is 0 Å². The van der Waals surface area contributed by atoms with Gasteiger partial charge in [0, 0.05) is 50.7 Å². The van der Waals surface area contributed by atoms with Gasteiger partial charge in [-0.15, -0.1) is 11.3 Å². The van der Waals surface area contributed by atoms with Crippen LogP contribution < -0.4 is 4.90 Å². The zero-order chi connectivity index (χ0) is 18.8. The number of aryl methyl sites for hydroxylation is 1. The number of nitro groups is 1. The summed E-state index contributed by atoms with van der Waals surface area (Å²) in [6, 6.07) is 10.2. The molecule has 1 aliphatic rings. The molecular weight excluding hydrogens is 364 g/mol. The van der Waals surface area contributed by atoms with E-state index < -0.39 is 4.92 Å². The standard InChI is InChI=1S/C18H20N6O2S/c1-21-13-19-16(24(25)26)18(21)23-9-7-22(8-10-23)11-15-12-27-17(20-15)14-5-3-2-4-6-14/h2-6,12-13H,7-11H2,1H3. The van der Waals surface area contributed by atoms with Crippen LogP contribution in [-0.2, 0) is 13.6 Å². The van der Waals surface area contributed by atoms with Crippen molar-refractivity contribution in [2.75, 3.05) is 31.1 Å². The molecule has 0 bridgehead atoms. The fourth-order valence-electron chi connectivity index (χ4n) is 3.34. The zero-order valence-electron chi connectivity index (χ0n) is 15.0. The highest BCUT2D eigenvalue weighted by Crippen LogP contribution is 2.27. The van der Waals surface area contributed by atoms with E-state index in [1.807, 2.05) is 23.1 Å². The lowest BCUT2D eigenvalue weighted by Gasteiger charge is -2.34. The summed E-state index contributed by atoms with van der Waals surface area (Å²) in [6.07, 6.45) is 1.50. The molecule has 4 rings (SSSR count). The van der Waals surface area contributed by atoms with Crippen molar-refractivity contribution in [3.8, 4) is 10.6 Å². The van der Waals surface area contributed by atoms with Crippen LogP contribution in [0.1, 0.15) is 5.69 Å². The van der Waals surface area contributed by atoms with Gasteiger partial charge in [-0.1, -0.05) is 30.3 Å². The molecule has 0 saturated carbocycles. The van der Waals surface area contributed by atoms with Crippen LogP contribution in [0.4, 0.5) is 11.6 Å². The number of aromatic nitrogens is 3. The van der Waals surface area contributed by atoms with Gasteiger partial charge in [0.05, 0.1) is 5.69 Å². The predicted molar refractivity (Wildman–Crippen MR) is 105 cm³/mol. The number of imidazole rings is 1. The first-order chi connectivity index (χ1) is 13.1. The molecule has 0 unspecified atom stereocenters. The second-order valence-corrected chi connectivity index (χ2v) is 7.39. The van der Waals surface area contributed by atoms with Crippen molar-refractivity contribution in [1.29, 1.82) is 0 Å². The van der Waals surface area contributed by atoms with E-state index in [1.165, 1.54) is 6.33 Å². The lowest BCUT2D eigenvalue weighted by molar-refractivity contribution is -0.388. The number of hydrogen-bond acceptors (Lipinski definition) is 7. The summed E-state index contributed by atoms with van der Waals surface area (Å²) in [6.45, 7) is 3.93. The third kappa shape index (κ3) is 3.69. The third-order valence-electron chi connectivity index (χ3n) is 4.69. The van der Waals surface area contributed by atoms with Gasteiger partial charge in [0.25, 0.3) is 0 Å². The molecule has 1 aromatic carbocycles. The van der Waals surface area contributed by atoms with E-state index in [1.54, 1.807) is 23.0 Å². The quantitative estimate of drug-likeness (QED) is 0.497. The molecule has 1 aliphatic heterocycles. The van der Waals surface area contributed by atoms with Gasteiger partial charge >= 0.3 is 5.82 Å². The molecule has 0 amide bonds. The molecule has 3 heterocycles. The Morgan fingerprint density at radius 3 is 2.63 bits per heavy atom. The summed E-state index contributed by atoms with van der Waals surface area (Å²) in [5.41, 5.74) is 2.21. The number of benzene rings is 1. The average molecular weight is 384 g/mol. The molecule has 2 aromatic heterocycles. The molecule has 0 aliphatic carbocycles. The SMILES string of the molecule is Cn1cnc([N+](=O)[O-])c1N1CCN(Cc2csc(-c3ccccc3)n2)CC1. The molecule has 8 nitrogen and oxygen atoms in total. The lowest BCUT2D eigenvalue weighted by Crippen LogP contribution is -2.46. The molecule has 1 saturated heterocycles. The normalized spacial score (nSPS) is 15.2. The fraction of sp³-hybridized carbons (Fsp3) is 0.333. The molecule has 0 atom stereocenters. The first kappa shape index (κ1) is 17.6. The Morgan fingerprint density at radius 1 is 1.19 bits per heavy atom. The van der Waals surface area contributed by atoms with E-state index in [0.29, 0.717) is 5.82 Å². The van der Waals surface area contributed by atoms with Crippen molar-refractivity contribution in [1.82, 2.24) is 19.4 Å². The van der Waals surface area contributed by atoms with Gasteiger partial charge in [-0.25, -0.2) is 4.98 Å². The number of hydrogen-bond donors (Lipinski definition) is 0. The van der Waals surface area contributed by atoms with Gasteiger partial charge < -0.3 is 15.0 Å². The van der Waals surface area contributed by atoms with Crippen molar-refractivity contribution < 1.29 is 4.92 Å². The molecule has 140 valence electrons. The minimum Gasteiger partial charge on any atom is -0.358 e. The van der Waals surface area contributed by atoms with Crippen molar-refractivity contribution in [3.05, 3.63) is 57.8 Å². The van der Waals surface area contributed by atoms with Crippen molar-refractivity contribution >= 4 is 23.0 Å². The highest BCUT2D eigenvalue weighted by atomic mass is 32.1. The smallest absolute Gasteiger partial charge is 0.358 e.